The number of likely N-dealkylation sites (N-methyl/N-ethyl adjacent to an activating group) is 1. The van der Waals surface area contributed by atoms with Crippen LogP contribution in [0.5, 0.6) is 0 Å². The third kappa shape index (κ3) is 5.41. The molecule has 2 aromatic carbocycles. The highest BCUT2D eigenvalue weighted by Crippen LogP contribution is 2.13. The predicted octanol–water partition coefficient (Wildman–Crippen LogP) is 3.86. The molecule has 2 aromatic rings. The van der Waals surface area contributed by atoms with Crippen molar-refractivity contribution in [3.8, 4) is 0 Å². The number of para-hydroxylation sites is 1. The van der Waals surface area contributed by atoms with E-state index in [-0.39, 0.29) is 0 Å². The minimum Gasteiger partial charge on any atom is -0.369 e. The lowest BCUT2D eigenvalue weighted by atomic mass is 10.2. The van der Waals surface area contributed by atoms with Gasteiger partial charge in [0.15, 0.2) is 0 Å². The molecule has 0 heterocycles. The van der Waals surface area contributed by atoms with Crippen molar-refractivity contribution in [2.45, 2.75) is 6.54 Å². The third-order valence-electron chi connectivity index (χ3n) is 3.52. The first-order valence-electron chi connectivity index (χ1n) is 7.38. The summed E-state index contributed by atoms with van der Waals surface area (Å²) < 4.78 is 0. The molecule has 0 aliphatic carbocycles. The largest absolute Gasteiger partial charge is 0.369 e. The second-order valence-corrected chi connectivity index (χ2v) is 5.61. The number of benzene rings is 2. The predicted molar refractivity (Wildman–Crippen MR) is 92.2 cm³/mol. The molecule has 0 N–H and O–H groups in total. The summed E-state index contributed by atoms with van der Waals surface area (Å²) in [6.45, 7) is 3.86. The molecular formula is C18H23ClN2. The lowest BCUT2D eigenvalue weighted by molar-refractivity contribution is 0.333. The van der Waals surface area contributed by atoms with Crippen LogP contribution in [0.3, 0.4) is 0 Å². The highest BCUT2D eigenvalue weighted by molar-refractivity contribution is 6.18. The number of hydrogen-bond donors (Lipinski definition) is 0. The fraction of sp³-hybridized carbons (Fsp3) is 0.333. The maximum Gasteiger partial charge on any atom is 0.0399 e. The molecule has 0 bridgehead atoms. The van der Waals surface area contributed by atoms with Crippen LogP contribution in [0, 0.1) is 0 Å². The van der Waals surface area contributed by atoms with Gasteiger partial charge in [0.1, 0.15) is 0 Å². The number of rotatable bonds is 8. The standard InChI is InChI=1S/C18H23ClN2/c1-20(16-17-8-4-2-5-9-17)14-15-21(13-12-19)18-10-6-3-7-11-18/h2-11H,12-16H2,1H3. The number of anilines is 1. The Balaban J connectivity index is 1.87. The van der Waals surface area contributed by atoms with E-state index in [1.807, 2.05) is 6.07 Å². The Morgan fingerprint density at radius 3 is 2.05 bits per heavy atom. The maximum absolute atomic E-state index is 5.94. The Morgan fingerprint density at radius 2 is 1.43 bits per heavy atom. The van der Waals surface area contributed by atoms with Crippen LogP contribution in [0.1, 0.15) is 5.56 Å². The van der Waals surface area contributed by atoms with Crippen molar-refractivity contribution in [3.05, 3.63) is 66.2 Å². The molecule has 0 amide bonds. The molecule has 0 spiro atoms. The van der Waals surface area contributed by atoms with E-state index in [0.717, 1.165) is 26.2 Å². The first kappa shape index (κ1) is 15.9. The summed E-state index contributed by atoms with van der Waals surface area (Å²) in [6.07, 6.45) is 0. The van der Waals surface area contributed by atoms with E-state index in [1.165, 1.54) is 11.3 Å². The van der Waals surface area contributed by atoms with E-state index in [9.17, 15) is 0 Å². The molecule has 21 heavy (non-hydrogen) atoms. The zero-order valence-electron chi connectivity index (χ0n) is 12.6. The SMILES string of the molecule is CN(CCN(CCCl)c1ccccc1)Cc1ccccc1. The molecule has 0 aliphatic rings. The fourth-order valence-corrected chi connectivity index (χ4v) is 2.58. The average Bonchev–Trinajstić information content (AvgIpc) is 2.53. The summed E-state index contributed by atoms with van der Waals surface area (Å²) in [7, 11) is 2.16. The normalized spacial score (nSPS) is 10.8. The number of hydrogen-bond acceptors (Lipinski definition) is 2. The van der Waals surface area contributed by atoms with Gasteiger partial charge < -0.3 is 9.80 Å². The van der Waals surface area contributed by atoms with E-state index in [2.05, 4.69) is 71.4 Å². The van der Waals surface area contributed by atoms with Crippen molar-refractivity contribution in [1.82, 2.24) is 4.90 Å². The van der Waals surface area contributed by atoms with Gasteiger partial charge in [0.2, 0.25) is 0 Å². The van der Waals surface area contributed by atoms with Crippen LogP contribution in [0.4, 0.5) is 5.69 Å². The summed E-state index contributed by atoms with van der Waals surface area (Å²) in [4.78, 5) is 4.69. The quantitative estimate of drug-likeness (QED) is 0.683. The molecule has 2 rings (SSSR count). The Morgan fingerprint density at radius 1 is 0.810 bits per heavy atom. The summed E-state index contributed by atoms with van der Waals surface area (Å²) in [6, 6.07) is 21.1. The Kier molecular flexibility index (Phi) is 6.58. The van der Waals surface area contributed by atoms with Gasteiger partial charge in [-0.1, -0.05) is 48.5 Å². The van der Waals surface area contributed by atoms with Gasteiger partial charge in [-0.3, -0.25) is 0 Å². The van der Waals surface area contributed by atoms with Crippen LogP contribution >= 0.6 is 11.6 Å². The monoisotopic (exact) mass is 302 g/mol. The van der Waals surface area contributed by atoms with Gasteiger partial charge in [0.25, 0.3) is 0 Å². The summed E-state index contributed by atoms with van der Waals surface area (Å²) in [5.74, 6) is 0.650. The van der Waals surface area contributed by atoms with E-state index < -0.39 is 0 Å². The van der Waals surface area contributed by atoms with Crippen molar-refractivity contribution >= 4 is 17.3 Å². The van der Waals surface area contributed by atoms with Gasteiger partial charge in [-0.25, -0.2) is 0 Å². The highest BCUT2D eigenvalue weighted by Gasteiger charge is 2.07. The second-order valence-electron chi connectivity index (χ2n) is 5.23. The summed E-state index contributed by atoms with van der Waals surface area (Å²) in [5.41, 5.74) is 2.59. The van der Waals surface area contributed by atoms with Crippen molar-refractivity contribution in [3.63, 3.8) is 0 Å². The lowest BCUT2D eigenvalue weighted by Gasteiger charge is -2.27. The minimum atomic E-state index is 0.650. The molecule has 0 saturated heterocycles. The molecular weight excluding hydrogens is 280 g/mol. The van der Waals surface area contributed by atoms with E-state index >= 15 is 0 Å². The van der Waals surface area contributed by atoms with Crippen molar-refractivity contribution in [1.29, 1.82) is 0 Å². The number of alkyl halides is 1. The first-order chi connectivity index (χ1) is 10.3. The van der Waals surface area contributed by atoms with E-state index in [4.69, 9.17) is 11.6 Å². The van der Waals surface area contributed by atoms with E-state index in [0.29, 0.717) is 5.88 Å². The second kappa shape index (κ2) is 8.71. The highest BCUT2D eigenvalue weighted by atomic mass is 35.5. The molecule has 0 atom stereocenters. The van der Waals surface area contributed by atoms with Crippen molar-refractivity contribution < 1.29 is 0 Å². The molecule has 0 fully saturated rings. The van der Waals surface area contributed by atoms with Gasteiger partial charge in [-0.15, -0.1) is 11.6 Å². The molecule has 112 valence electrons. The smallest absolute Gasteiger partial charge is 0.0399 e. The Labute approximate surface area is 133 Å². The zero-order chi connectivity index (χ0) is 14.9. The van der Waals surface area contributed by atoms with Gasteiger partial charge in [0.05, 0.1) is 0 Å². The van der Waals surface area contributed by atoms with Crippen LogP contribution in [0.25, 0.3) is 0 Å². The lowest BCUT2D eigenvalue weighted by Crippen LogP contribution is -2.34. The number of halogens is 1. The van der Waals surface area contributed by atoms with Gasteiger partial charge in [0, 0.05) is 37.7 Å². The molecule has 3 heteroatoms. The third-order valence-corrected chi connectivity index (χ3v) is 3.69. The topological polar surface area (TPSA) is 6.48 Å². The maximum atomic E-state index is 5.94. The van der Waals surface area contributed by atoms with Crippen LogP contribution in [-0.4, -0.2) is 37.5 Å². The van der Waals surface area contributed by atoms with E-state index in [1.54, 1.807) is 0 Å². The molecule has 0 saturated carbocycles. The van der Waals surface area contributed by atoms with Crippen LogP contribution in [0.2, 0.25) is 0 Å². The van der Waals surface area contributed by atoms with Gasteiger partial charge >= 0.3 is 0 Å². The zero-order valence-corrected chi connectivity index (χ0v) is 13.3. The molecule has 0 unspecified atom stereocenters. The summed E-state index contributed by atoms with van der Waals surface area (Å²) in [5, 5.41) is 0. The van der Waals surface area contributed by atoms with Crippen molar-refractivity contribution in [2.24, 2.45) is 0 Å². The molecule has 0 radical (unpaired) electrons. The molecule has 0 aromatic heterocycles. The minimum absolute atomic E-state index is 0.650. The van der Waals surface area contributed by atoms with Gasteiger partial charge in [-0.2, -0.15) is 0 Å². The summed E-state index contributed by atoms with van der Waals surface area (Å²) >= 11 is 5.94. The fourth-order valence-electron chi connectivity index (χ4n) is 2.38. The van der Waals surface area contributed by atoms with Crippen molar-refractivity contribution in [2.75, 3.05) is 37.5 Å². The molecule has 0 aliphatic heterocycles. The molecule has 2 nitrogen and oxygen atoms in total. The average molecular weight is 303 g/mol. The Hall–Kier alpha value is -1.51. The van der Waals surface area contributed by atoms with Gasteiger partial charge in [-0.05, 0) is 24.7 Å². The number of nitrogens with zero attached hydrogens (tertiary/aromatic N) is 2. The van der Waals surface area contributed by atoms with Crippen LogP contribution in [-0.2, 0) is 6.54 Å². The Bertz CT molecular complexity index is 501. The van der Waals surface area contributed by atoms with Crippen LogP contribution < -0.4 is 4.90 Å². The van der Waals surface area contributed by atoms with Crippen LogP contribution in [0.15, 0.2) is 60.7 Å². The first-order valence-corrected chi connectivity index (χ1v) is 7.91.